The lowest BCUT2D eigenvalue weighted by atomic mass is 10.1. The first-order chi connectivity index (χ1) is 12.0. The second kappa shape index (κ2) is 6.52. The van der Waals surface area contributed by atoms with Gasteiger partial charge in [-0.15, -0.1) is 0 Å². The van der Waals surface area contributed by atoms with Crippen LogP contribution in [-0.2, 0) is 0 Å². The van der Waals surface area contributed by atoms with E-state index in [0.717, 1.165) is 15.9 Å². The maximum Gasteiger partial charge on any atom is 0.295 e. The van der Waals surface area contributed by atoms with Crippen LogP contribution in [0.25, 0.3) is 11.0 Å². The zero-order valence-corrected chi connectivity index (χ0v) is 14.8. The molecule has 130 valence electrons. The summed E-state index contributed by atoms with van der Waals surface area (Å²) in [4.78, 5) is 28.2. The molecule has 1 aromatic carbocycles. The third-order valence-electron chi connectivity index (χ3n) is 3.53. The van der Waals surface area contributed by atoms with Crippen molar-refractivity contribution in [3.8, 4) is 17.2 Å². The SMILES string of the molecule is COc1cc(/C=c2\sc3nc(=O)c(C)nn3c2=O)cc(OC)c1OC. The minimum absolute atomic E-state index is 0.173. The molecule has 8 nitrogen and oxygen atoms in total. The number of hydrogen-bond donors (Lipinski definition) is 0. The second-order valence-corrected chi connectivity index (χ2v) is 6.08. The van der Waals surface area contributed by atoms with Crippen molar-refractivity contribution in [2.45, 2.75) is 6.92 Å². The highest BCUT2D eigenvalue weighted by molar-refractivity contribution is 7.15. The van der Waals surface area contributed by atoms with Crippen LogP contribution in [0.3, 0.4) is 0 Å². The fraction of sp³-hybridized carbons (Fsp3) is 0.250. The van der Waals surface area contributed by atoms with Crippen LogP contribution in [0.15, 0.2) is 21.7 Å². The van der Waals surface area contributed by atoms with Gasteiger partial charge in [0.2, 0.25) is 10.7 Å². The Morgan fingerprint density at radius 2 is 1.72 bits per heavy atom. The number of fused-ring (bicyclic) bond motifs is 1. The highest BCUT2D eigenvalue weighted by Crippen LogP contribution is 2.38. The molecule has 2 heterocycles. The monoisotopic (exact) mass is 361 g/mol. The minimum atomic E-state index is -0.444. The molecule has 0 amide bonds. The normalized spacial score (nSPS) is 11.8. The number of nitrogens with zero attached hydrogens (tertiary/aromatic N) is 3. The molecule has 0 aliphatic rings. The van der Waals surface area contributed by atoms with Crippen molar-refractivity contribution in [1.82, 2.24) is 14.6 Å². The molecule has 0 bridgehead atoms. The van der Waals surface area contributed by atoms with Crippen LogP contribution in [-0.4, -0.2) is 35.9 Å². The first-order valence-electron chi connectivity index (χ1n) is 7.20. The molecule has 0 N–H and O–H groups in total. The predicted octanol–water partition coefficient (Wildman–Crippen LogP) is 0.393. The van der Waals surface area contributed by atoms with E-state index in [1.54, 1.807) is 18.2 Å². The number of aryl methyl sites for hydroxylation is 1. The molecule has 2 aromatic heterocycles. The van der Waals surface area contributed by atoms with Gasteiger partial charge in [0.15, 0.2) is 11.5 Å². The molecule has 0 atom stereocenters. The third kappa shape index (κ3) is 2.93. The van der Waals surface area contributed by atoms with E-state index in [1.165, 1.54) is 28.3 Å². The molecule has 0 fully saturated rings. The molecule has 0 unspecified atom stereocenters. The molecule has 9 heteroatoms. The van der Waals surface area contributed by atoms with Crippen molar-refractivity contribution >= 4 is 22.4 Å². The van der Waals surface area contributed by atoms with Gasteiger partial charge in [0.1, 0.15) is 5.69 Å². The lowest BCUT2D eigenvalue weighted by Gasteiger charge is -2.12. The minimum Gasteiger partial charge on any atom is -0.493 e. The summed E-state index contributed by atoms with van der Waals surface area (Å²) in [7, 11) is 4.55. The van der Waals surface area contributed by atoms with Gasteiger partial charge >= 0.3 is 0 Å². The Balaban J connectivity index is 2.25. The second-order valence-electron chi connectivity index (χ2n) is 5.07. The molecule has 0 aliphatic heterocycles. The summed E-state index contributed by atoms with van der Waals surface area (Å²) in [5.41, 5.74) is 0.0644. The first-order valence-corrected chi connectivity index (χ1v) is 8.02. The zero-order chi connectivity index (χ0) is 18.1. The van der Waals surface area contributed by atoms with Crippen molar-refractivity contribution in [2.24, 2.45) is 0 Å². The number of ether oxygens (including phenoxy) is 3. The van der Waals surface area contributed by atoms with Gasteiger partial charge in [-0.25, -0.2) is 0 Å². The summed E-state index contributed by atoms with van der Waals surface area (Å²) in [6, 6.07) is 3.45. The number of rotatable bonds is 4. The van der Waals surface area contributed by atoms with E-state index in [0.29, 0.717) is 27.3 Å². The van der Waals surface area contributed by atoms with Crippen molar-refractivity contribution in [1.29, 1.82) is 0 Å². The van der Waals surface area contributed by atoms with Gasteiger partial charge in [-0.2, -0.15) is 14.6 Å². The van der Waals surface area contributed by atoms with E-state index >= 15 is 0 Å². The zero-order valence-electron chi connectivity index (χ0n) is 14.0. The Morgan fingerprint density at radius 1 is 1.08 bits per heavy atom. The van der Waals surface area contributed by atoms with Crippen LogP contribution < -0.4 is 29.9 Å². The summed E-state index contributed by atoms with van der Waals surface area (Å²) >= 11 is 1.09. The molecule has 0 saturated carbocycles. The predicted molar refractivity (Wildman–Crippen MR) is 93.0 cm³/mol. The molecule has 0 saturated heterocycles. The summed E-state index contributed by atoms with van der Waals surface area (Å²) < 4.78 is 17.4. The van der Waals surface area contributed by atoms with Crippen LogP contribution in [0.4, 0.5) is 0 Å². The van der Waals surface area contributed by atoms with Gasteiger partial charge in [0.25, 0.3) is 11.1 Å². The van der Waals surface area contributed by atoms with Gasteiger partial charge in [-0.3, -0.25) is 9.59 Å². The number of thiazole rings is 1. The Morgan fingerprint density at radius 3 is 2.28 bits per heavy atom. The Hall–Kier alpha value is -2.94. The van der Waals surface area contributed by atoms with Crippen molar-refractivity contribution < 1.29 is 14.2 Å². The van der Waals surface area contributed by atoms with E-state index in [9.17, 15) is 9.59 Å². The van der Waals surface area contributed by atoms with Gasteiger partial charge in [-0.1, -0.05) is 11.3 Å². The summed E-state index contributed by atoms with van der Waals surface area (Å²) in [6.07, 6.45) is 1.66. The van der Waals surface area contributed by atoms with Gasteiger partial charge in [-0.05, 0) is 30.7 Å². The van der Waals surface area contributed by atoms with E-state index in [2.05, 4.69) is 10.1 Å². The molecule has 3 aromatic rings. The fourth-order valence-corrected chi connectivity index (χ4v) is 3.23. The molecule has 25 heavy (non-hydrogen) atoms. The maximum atomic E-state index is 12.5. The fourth-order valence-electron chi connectivity index (χ4n) is 2.32. The van der Waals surface area contributed by atoms with Crippen LogP contribution in [0, 0.1) is 6.92 Å². The lowest BCUT2D eigenvalue weighted by molar-refractivity contribution is 0.324. The Bertz CT molecular complexity index is 1090. The van der Waals surface area contributed by atoms with E-state index in [4.69, 9.17) is 14.2 Å². The van der Waals surface area contributed by atoms with Gasteiger partial charge < -0.3 is 14.2 Å². The van der Waals surface area contributed by atoms with Gasteiger partial charge in [0, 0.05) is 0 Å². The quantitative estimate of drug-likeness (QED) is 0.664. The Kier molecular flexibility index (Phi) is 4.41. The average molecular weight is 361 g/mol. The highest BCUT2D eigenvalue weighted by atomic mass is 32.1. The third-order valence-corrected chi connectivity index (χ3v) is 4.49. The van der Waals surface area contributed by atoms with Gasteiger partial charge in [0.05, 0.1) is 25.9 Å². The van der Waals surface area contributed by atoms with Crippen LogP contribution in [0.2, 0.25) is 0 Å². The molecular formula is C16H15N3O5S. The maximum absolute atomic E-state index is 12.5. The van der Waals surface area contributed by atoms with Crippen molar-refractivity contribution in [3.63, 3.8) is 0 Å². The summed E-state index contributed by atoms with van der Waals surface area (Å²) in [5.74, 6) is 1.41. The molecule has 0 aliphatic carbocycles. The number of methoxy groups -OCH3 is 3. The van der Waals surface area contributed by atoms with E-state index < -0.39 is 5.56 Å². The molecule has 3 rings (SSSR count). The van der Waals surface area contributed by atoms with Crippen molar-refractivity contribution in [3.05, 3.63) is 48.6 Å². The molecular weight excluding hydrogens is 346 g/mol. The number of hydrogen-bond acceptors (Lipinski definition) is 8. The van der Waals surface area contributed by atoms with Crippen LogP contribution in [0.5, 0.6) is 17.2 Å². The smallest absolute Gasteiger partial charge is 0.295 e. The average Bonchev–Trinajstić information content (AvgIpc) is 2.89. The molecule has 0 radical (unpaired) electrons. The summed E-state index contributed by atoms with van der Waals surface area (Å²) in [6.45, 7) is 1.52. The number of aromatic nitrogens is 3. The standard InChI is InChI=1S/C16H15N3O5S/c1-8-14(20)17-16-19(18-8)15(21)12(25-16)7-9-5-10(22-2)13(24-4)11(6-9)23-3/h5-7H,1-4H3/b12-7-. The topological polar surface area (TPSA) is 92.0 Å². The molecule has 0 spiro atoms. The number of benzene rings is 1. The van der Waals surface area contributed by atoms with Crippen molar-refractivity contribution in [2.75, 3.05) is 21.3 Å². The van der Waals surface area contributed by atoms with Crippen LogP contribution >= 0.6 is 11.3 Å². The highest BCUT2D eigenvalue weighted by Gasteiger charge is 2.13. The summed E-state index contributed by atoms with van der Waals surface area (Å²) in [5, 5.41) is 3.98. The van der Waals surface area contributed by atoms with E-state index in [-0.39, 0.29) is 16.2 Å². The Labute approximate surface area is 145 Å². The lowest BCUT2D eigenvalue weighted by Crippen LogP contribution is -2.27. The van der Waals surface area contributed by atoms with Crippen LogP contribution in [0.1, 0.15) is 11.3 Å². The first kappa shape index (κ1) is 16.9. The van der Waals surface area contributed by atoms with E-state index in [1.807, 2.05) is 0 Å². The largest absolute Gasteiger partial charge is 0.493 e.